The number of urea groups is 1. The van der Waals surface area contributed by atoms with Crippen LogP contribution >= 0.6 is 0 Å². The first-order valence-electron chi connectivity index (χ1n) is 6.34. The first-order chi connectivity index (χ1) is 9.15. The minimum atomic E-state index is -0.207. The smallest absolute Gasteiger partial charge is 0.314 e. The molecule has 2 N–H and O–H groups in total. The minimum Gasteiger partial charge on any atom is -0.491 e. The van der Waals surface area contributed by atoms with Crippen LogP contribution in [-0.4, -0.2) is 39.4 Å². The van der Waals surface area contributed by atoms with Crippen LogP contribution in [0.3, 0.4) is 0 Å². The molecular formula is C14H22N2O3. The van der Waals surface area contributed by atoms with Crippen LogP contribution in [0.25, 0.3) is 0 Å². The summed E-state index contributed by atoms with van der Waals surface area (Å²) in [5, 5.41) is 5.39. The van der Waals surface area contributed by atoms with E-state index < -0.39 is 0 Å². The lowest BCUT2D eigenvalue weighted by Crippen LogP contribution is -2.39. The zero-order chi connectivity index (χ0) is 14.1. The SMILES string of the molecule is COCCNC(=O)NCCOc1cccc(C)c1C. The van der Waals surface area contributed by atoms with Crippen molar-refractivity contribution in [2.45, 2.75) is 13.8 Å². The second-order valence-corrected chi connectivity index (χ2v) is 4.22. The van der Waals surface area contributed by atoms with Gasteiger partial charge in [0.1, 0.15) is 12.4 Å². The molecule has 0 saturated heterocycles. The molecule has 1 aromatic carbocycles. The molecule has 0 aromatic heterocycles. The average Bonchev–Trinajstić information content (AvgIpc) is 2.39. The highest BCUT2D eigenvalue weighted by Gasteiger charge is 2.02. The number of hydrogen-bond acceptors (Lipinski definition) is 3. The summed E-state index contributed by atoms with van der Waals surface area (Å²) in [5.41, 5.74) is 2.33. The van der Waals surface area contributed by atoms with Gasteiger partial charge in [-0.05, 0) is 31.0 Å². The van der Waals surface area contributed by atoms with Gasteiger partial charge in [-0.2, -0.15) is 0 Å². The van der Waals surface area contributed by atoms with E-state index in [0.29, 0.717) is 26.3 Å². The number of amides is 2. The van der Waals surface area contributed by atoms with E-state index in [1.165, 1.54) is 5.56 Å². The van der Waals surface area contributed by atoms with Crippen LogP contribution in [0.5, 0.6) is 5.75 Å². The highest BCUT2D eigenvalue weighted by atomic mass is 16.5. The number of carbonyl (C=O) groups is 1. The molecule has 5 heteroatoms. The molecule has 2 amide bonds. The minimum absolute atomic E-state index is 0.207. The number of hydrogen-bond donors (Lipinski definition) is 2. The van der Waals surface area contributed by atoms with Crippen LogP contribution in [0.1, 0.15) is 11.1 Å². The van der Waals surface area contributed by atoms with E-state index in [1.807, 2.05) is 32.0 Å². The van der Waals surface area contributed by atoms with Crippen LogP contribution in [-0.2, 0) is 4.74 Å². The average molecular weight is 266 g/mol. The number of methoxy groups -OCH3 is 1. The lowest BCUT2D eigenvalue weighted by atomic mass is 10.1. The highest BCUT2D eigenvalue weighted by molar-refractivity contribution is 5.73. The third-order valence-electron chi connectivity index (χ3n) is 2.79. The molecule has 0 aliphatic carbocycles. The zero-order valence-corrected chi connectivity index (χ0v) is 11.8. The van der Waals surface area contributed by atoms with E-state index in [4.69, 9.17) is 9.47 Å². The van der Waals surface area contributed by atoms with Crippen molar-refractivity contribution in [3.05, 3.63) is 29.3 Å². The Morgan fingerprint density at radius 2 is 1.84 bits per heavy atom. The molecule has 0 aliphatic rings. The summed E-state index contributed by atoms with van der Waals surface area (Å²) in [6, 6.07) is 5.73. The van der Waals surface area contributed by atoms with Gasteiger partial charge in [0.25, 0.3) is 0 Å². The molecule has 0 fully saturated rings. The number of nitrogens with one attached hydrogen (secondary N) is 2. The Bertz CT molecular complexity index is 408. The molecule has 0 unspecified atom stereocenters. The van der Waals surface area contributed by atoms with E-state index in [1.54, 1.807) is 7.11 Å². The van der Waals surface area contributed by atoms with Crippen molar-refractivity contribution in [2.24, 2.45) is 0 Å². The van der Waals surface area contributed by atoms with Crippen molar-refractivity contribution in [3.8, 4) is 5.75 Å². The molecule has 19 heavy (non-hydrogen) atoms. The van der Waals surface area contributed by atoms with E-state index in [0.717, 1.165) is 11.3 Å². The lowest BCUT2D eigenvalue weighted by Gasteiger charge is -2.11. The Kier molecular flexibility index (Phi) is 6.74. The maximum Gasteiger partial charge on any atom is 0.314 e. The number of carbonyl (C=O) groups excluding carboxylic acids is 1. The summed E-state index contributed by atoms with van der Waals surface area (Å²) in [5.74, 6) is 0.863. The summed E-state index contributed by atoms with van der Waals surface area (Å²) in [4.78, 5) is 11.3. The molecule has 0 bridgehead atoms. The van der Waals surface area contributed by atoms with Crippen LogP contribution in [0.15, 0.2) is 18.2 Å². The molecule has 5 nitrogen and oxygen atoms in total. The monoisotopic (exact) mass is 266 g/mol. The van der Waals surface area contributed by atoms with Crippen molar-refractivity contribution in [1.82, 2.24) is 10.6 Å². The van der Waals surface area contributed by atoms with Crippen molar-refractivity contribution in [1.29, 1.82) is 0 Å². The Labute approximate surface area is 114 Å². The normalized spacial score (nSPS) is 10.1. The summed E-state index contributed by atoms with van der Waals surface area (Å²) < 4.78 is 10.5. The molecule has 1 aromatic rings. The van der Waals surface area contributed by atoms with Gasteiger partial charge < -0.3 is 20.1 Å². The molecule has 0 spiro atoms. The topological polar surface area (TPSA) is 59.6 Å². The van der Waals surface area contributed by atoms with Crippen LogP contribution < -0.4 is 15.4 Å². The Morgan fingerprint density at radius 3 is 2.53 bits per heavy atom. The summed E-state index contributed by atoms with van der Waals surface area (Å²) in [6.45, 7) is 5.99. The standard InChI is InChI=1S/C14H22N2O3/c1-11-5-4-6-13(12(11)2)19-10-8-16-14(17)15-7-9-18-3/h4-6H,7-10H2,1-3H3,(H2,15,16,17). The fraction of sp³-hybridized carbons (Fsp3) is 0.500. The molecule has 0 aliphatic heterocycles. The van der Waals surface area contributed by atoms with Crippen LogP contribution in [0, 0.1) is 13.8 Å². The molecule has 0 saturated carbocycles. The van der Waals surface area contributed by atoms with Crippen LogP contribution in [0.2, 0.25) is 0 Å². The van der Waals surface area contributed by atoms with Crippen LogP contribution in [0.4, 0.5) is 4.79 Å². The quantitative estimate of drug-likeness (QED) is 0.737. The number of aryl methyl sites for hydroxylation is 1. The predicted molar refractivity (Wildman–Crippen MR) is 74.7 cm³/mol. The van der Waals surface area contributed by atoms with Gasteiger partial charge >= 0.3 is 6.03 Å². The Hall–Kier alpha value is -1.75. The molecule has 0 radical (unpaired) electrons. The fourth-order valence-corrected chi connectivity index (χ4v) is 1.54. The lowest BCUT2D eigenvalue weighted by molar-refractivity contribution is 0.195. The molecule has 0 atom stereocenters. The third-order valence-corrected chi connectivity index (χ3v) is 2.79. The van der Waals surface area contributed by atoms with Gasteiger partial charge in [-0.3, -0.25) is 0 Å². The van der Waals surface area contributed by atoms with Crippen molar-refractivity contribution < 1.29 is 14.3 Å². The summed E-state index contributed by atoms with van der Waals surface area (Å²) in [6.07, 6.45) is 0. The summed E-state index contributed by atoms with van der Waals surface area (Å²) in [7, 11) is 1.59. The maximum absolute atomic E-state index is 11.3. The molecular weight excluding hydrogens is 244 g/mol. The number of rotatable bonds is 7. The maximum atomic E-state index is 11.3. The first kappa shape index (κ1) is 15.3. The second-order valence-electron chi connectivity index (χ2n) is 4.22. The molecule has 106 valence electrons. The van der Waals surface area contributed by atoms with Gasteiger partial charge in [0.05, 0.1) is 13.2 Å². The molecule has 0 heterocycles. The van der Waals surface area contributed by atoms with Crippen molar-refractivity contribution in [3.63, 3.8) is 0 Å². The van der Waals surface area contributed by atoms with Gasteiger partial charge in [0.2, 0.25) is 0 Å². The number of ether oxygens (including phenoxy) is 2. The fourth-order valence-electron chi connectivity index (χ4n) is 1.54. The van der Waals surface area contributed by atoms with E-state index in [2.05, 4.69) is 10.6 Å². The zero-order valence-electron chi connectivity index (χ0n) is 11.8. The van der Waals surface area contributed by atoms with Crippen molar-refractivity contribution in [2.75, 3.05) is 33.4 Å². The summed E-state index contributed by atoms with van der Waals surface area (Å²) >= 11 is 0. The van der Waals surface area contributed by atoms with Gasteiger partial charge in [0.15, 0.2) is 0 Å². The molecule has 1 rings (SSSR count). The second kappa shape index (κ2) is 8.37. The van der Waals surface area contributed by atoms with Gasteiger partial charge in [-0.15, -0.1) is 0 Å². The predicted octanol–water partition coefficient (Wildman–Crippen LogP) is 1.63. The Morgan fingerprint density at radius 1 is 1.16 bits per heavy atom. The van der Waals surface area contributed by atoms with E-state index in [9.17, 15) is 4.79 Å². The largest absolute Gasteiger partial charge is 0.491 e. The third kappa shape index (κ3) is 5.61. The highest BCUT2D eigenvalue weighted by Crippen LogP contribution is 2.20. The van der Waals surface area contributed by atoms with Crippen molar-refractivity contribution >= 4 is 6.03 Å². The van der Waals surface area contributed by atoms with Gasteiger partial charge in [-0.1, -0.05) is 12.1 Å². The van der Waals surface area contributed by atoms with Gasteiger partial charge in [0, 0.05) is 13.7 Å². The first-order valence-corrected chi connectivity index (χ1v) is 6.34. The van der Waals surface area contributed by atoms with Gasteiger partial charge in [-0.25, -0.2) is 4.79 Å². The Balaban J connectivity index is 2.20. The van der Waals surface area contributed by atoms with E-state index in [-0.39, 0.29) is 6.03 Å². The number of benzene rings is 1. The van der Waals surface area contributed by atoms with E-state index >= 15 is 0 Å².